The Morgan fingerprint density at radius 1 is 1.25 bits per heavy atom. The molecule has 0 spiro atoms. The van der Waals surface area contributed by atoms with Gasteiger partial charge in [0.2, 0.25) is 6.09 Å². The molecule has 2 aliphatic rings. The number of hydrazone groups is 1. The van der Waals surface area contributed by atoms with Gasteiger partial charge in [0.15, 0.2) is 5.95 Å². The number of rotatable bonds is 3. The van der Waals surface area contributed by atoms with E-state index in [1.807, 2.05) is 5.10 Å². The zero-order chi connectivity index (χ0) is 24.4. The van der Waals surface area contributed by atoms with Crippen molar-refractivity contribution in [2.45, 2.75) is 0 Å². The SMILES string of the molecule is NC(N)=[NH+]CC(=O)[O-].N[NH+]=C(N)N.O=C1[N-][N+](=C2N=NN=N2)[N-]O1.[N-]=[N+]=Nc1nnn[n-]1. The summed E-state index contributed by atoms with van der Waals surface area (Å²) in [5, 5.41) is 40.2. The molecule has 0 aromatic carbocycles. The monoisotopic (exact) mass is 456 g/mol. The number of hydrogen-bond donors (Lipinski definition) is 7. The van der Waals surface area contributed by atoms with Crippen molar-refractivity contribution in [2.75, 3.05) is 6.54 Å². The number of nitrogens with one attached hydrogen (secondary N) is 2. The molecule has 0 aliphatic carbocycles. The molecular formula is C7H14N21O4-. The molecule has 25 heteroatoms. The van der Waals surface area contributed by atoms with Crippen LogP contribution in [0.5, 0.6) is 0 Å². The van der Waals surface area contributed by atoms with Crippen molar-refractivity contribution in [3.05, 3.63) is 21.5 Å². The van der Waals surface area contributed by atoms with Crippen LogP contribution in [0.15, 0.2) is 25.8 Å². The molecule has 0 atom stereocenters. The van der Waals surface area contributed by atoms with Gasteiger partial charge < -0.3 is 30.5 Å². The van der Waals surface area contributed by atoms with Gasteiger partial charge in [0.05, 0.1) is 36.7 Å². The van der Waals surface area contributed by atoms with Crippen molar-refractivity contribution >= 4 is 35.9 Å². The van der Waals surface area contributed by atoms with Gasteiger partial charge in [-0.2, -0.15) is 10.3 Å². The molecule has 12 N–H and O–H groups in total. The quantitative estimate of drug-likeness (QED) is 0.0325. The first-order valence-electron chi connectivity index (χ1n) is 7.21. The maximum absolute atomic E-state index is 10.3. The summed E-state index contributed by atoms with van der Waals surface area (Å²) in [5.41, 5.74) is 33.3. The predicted octanol–water partition coefficient (Wildman–Crippen LogP) is -8.09. The van der Waals surface area contributed by atoms with E-state index in [0.717, 1.165) is 4.79 Å². The molecule has 172 valence electrons. The lowest BCUT2D eigenvalue weighted by molar-refractivity contribution is -0.471. The lowest BCUT2D eigenvalue weighted by Gasteiger charge is -2.14. The number of carbonyl (C=O) groups excluding carboxylic acids is 2. The van der Waals surface area contributed by atoms with Crippen LogP contribution in [0.1, 0.15) is 0 Å². The minimum Gasteiger partial charge on any atom is -0.547 e. The van der Waals surface area contributed by atoms with E-state index in [4.69, 9.17) is 28.5 Å². The van der Waals surface area contributed by atoms with E-state index in [1.54, 1.807) is 0 Å². The van der Waals surface area contributed by atoms with E-state index in [0.29, 0.717) is 0 Å². The number of nitrogens with zero attached hydrogens (tertiary/aromatic N) is 14. The van der Waals surface area contributed by atoms with Crippen molar-refractivity contribution in [1.29, 1.82) is 0 Å². The Hall–Kier alpha value is -5.87. The van der Waals surface area contributed by atoms with E-state index in [2.05, 4.69) is 78.0 Å². The minimum absolute atomic E-state index is 0.00384. The molecule has 3 rings (SSSR count). The fourth-order valence-corrected chi connectivity index (χ4v) is 0.883. The standard InChI is InChI=1S/C3H7N3O2.C2N7O2.CN7.CH6N4/c4-3(5)6-1-2(7)8;10-2-5-9(8-11-2)1-3-6-7-4-1;2-6-3-1-4-7-8-5-1;2-1(3)5-4/h1H2,(H,7,8)(H4,4,5,6);;;4H2,(H4,2,3,5)/q;2*-1;/p+1. The highest BCUT2D eigenvalue weighted by Crippen LogP contribution is 2.15. The van der Waals surface area contributed by atoms with Crippen molar-refractivity contribution < 1.29 is 34.4 Å². The number of hydrazine groups is 1. The molecule has 3 heterocycles. The average Bonchev–Trinajstić information content (AvgIpc) is 3.51. The van der Waals surface area contributed by atoms with Crippen LogP contribution in [0.3, 0.4) is 0 Å². The van der Waals surface area contributed by atoms with E-state index >= 15 is 0 Å². The largest absolute Gasteiger partial charge is 0.547 e. The first kappa shape index (κ1) is 26.1. The lowest BCUT2D eigenvalue weighted by Crippen LogP contribution is -2.84. The molecule has 0 radical (unpaired) electrons. The number of carboxylic acid groups (broad SMARTS) is 1. The highest BCUT2D eigenvalue weighted by atomic mass is 16.8. The van der Waals surface area contributed by atoms with Crippen LogP contribution in [0.4, 0.5) is 10.7 Å². The average molecular weight is 456 g/mol. The van der Waals surface area contributed by atoms with E-state index in [1.165, 1.54) is 0 Å². The van der Waals surface area contributed by atoms with Gasteiger partial charge in [0.25, 0.3) is 0 Å². The van der Waals surface area contributed by atoms with Crippen LogP contribution >= 0.6 is 0 Å². The van der Waals surface area contributed by atoms with E-state index in [-0.39, 0.29) is 30.4 Å². The Bertz CT molecular complexity index is 913. The van der Waals surface area contributed by atoms with E-state index < -0.39 is 12.1 Å². The Balaban J connectivity index is 0.000000417. The first-order valence-corrected chi connectivity index (χ1v) is 7.21. The van der Waals surface area contributed by atoms with Crippen molar-refractivity contribution in [2.24, 2.45) is 54.6 Å². The molecule has 0 unspecified atom stereocenters. The zero-order valence-electron chi connectivity index (χ0n) is 15.5. The highest BCUT2D eigenvalue weighted by Gasteiger charge is 2.13. The van der Waals surface area contributed by atoms with Gasteiger partial charge in [-0.25, -0.2) is 5.10 Å². The van der Waals surface area contributed by atoms with Crippen LogP contribution in [-0.4, -0.2) is 56.8 Å². The van der Waals surface area contributed by atoms with Gasteiger partial charge in [0, 0.05) is 5.53 Å². The summed E-state index contributed by atoms with van der Waals surface area (Å²) in [6.07, 6.45) is -0.824. The number of carboxylic acids is 1. The van der Waals surface area contributed by atoms with Crippen molar-refractivity contribution in [3.8, 4) is 0 Å². The van der Waals surface area contributed by atoms with Crippen molar-refractivity contribution in [3.63, 3.8) is 0 Å². The molecule has 25 nitrogen and oxygen atoms in total. The molecule has 1 aromatic rings. The summed E-state index contributed by atoms with van der Waals surface area (Å²) >= 11 is 0. The van der Waals surface area contributed by atoms with E-state index in [9.17, 15) is 14.7 Å². The number of tetrazole rings is 1. The smallest absolute Gasteiger partial charge is 0.457 e. The highest BCUT2D eigenvalue weighted by molar-refractivity contribution is 5.84. The Morgan fingerprint density at radius 3 is 2.22 bits per heavy atom. The third kappa shape index (κ3) is 13.3. The Labute approximate surface area is 174 Å². The fraction of sp³-hybridized carbons (Fsp3) is 0.143. The normalized spacial score (nSPS) is 11.9. The molecule has 1 aromatic heterocycles. The number of aliphatic carboxylic acids is 1. The summed E-state index contributed by atoms with van der Waals surface area (Å²) in [6, 6.07) is 0. The summed E-state index contributed by atoms with van der Waals surface area (Å²) in [7, 11) is 0. The van der Waals surface area contributed by atoms with Crippen LogP contribution in [-0.2, 0) is 9.63 Å². The van der Waals surface area contributed by atoms with Gasteiger partial charge in [-0.15, -0.1) is 5.21 Å². The van der Waals surface area contributed by atoms with Crippen LogP contribution in [0.25, 0.3) is 21.5 Å². The predicted molar refractivity (Wildman–Crippen MR) is 92.9 cm³/mol. The molecule has 2 aliphatic heterocycles. The van der Waals surface area contributed by atoms with Gasteiger partial charge in [-0.1, -0.05) is 0 Å². The second-order valence-corrected chi connectivity index (χ2v) is 4.16. The first-order chi connectivity index (χ1) is 15.2. The number of guanidine groups is 3. The Morgan fingerprint density at radius 2 is 1.88 bits per heavy atom. The summed E-state index contributed by atoms with van der Waals surface area (Å²) in [5.74, 6) is 3.26. The van der Waals surface area contributed by atoms with Gasteiger partial charge in [-0.3, -0.25) is 43.7 Å². The molecule has 1 amide bonds. The van der Waals surface area contributed by atoms with Crippen molar-refractivity contribution in [1.82, 2.24) is 20.6 Å². The maximum Gasteiger partial charge on any atom is 0.457 e. The molecule has 0 bridgehead atoms. The number of nitrogens with two attached hydrogens (primary N) is 5. The number of amides is 1. The fourth-order valence-electron chi connectivity index (χ4n) is 0.883. The topological polar surface area (TPSA) is 407 Å². The molecule has 1 fully saturated rings. The summed E-state index contributed by atoms with van der Waals surface area (Å²) in [6.45, 7) is -0.345. The van der Waals surface area contributed by atoms with Crippen LogP contribution in [0.2, 0.25) is 0 Å². The number of aromatic nitrogens is 4. The molecule has 0 saturated carbocycles. The summed E-state index contributed by atoms with van der Waals surface area (Å²) < 4.78 is 0. The number of carbonyl (C=O) groups is 2. The minimum atomic E-state index is -1.24. The molecule has 32 heavy (non-hydrogen) atoms. The van der Waals surface area contributed by atoms with Gasteiger partial charge >= 0.3 is 17.9 Å². The second-order valence-electron chi connectivity index (χ2n) is 4.16. The van der Waals surface area contributed by atoms with Crippen LogP contribution < -0.4 is 49.1 Å². The maximum atomic E-state index is 10.3. The molecule has 1 saturated heterocycles. The third-order valence-corrected chi connectivity index (χ3v) is 1.91. The zero-order valence-corrected chi connectivity index (χ0v) is 15.5. The second kappa shape index (κ2) is 15.1. The van der Waals surface area contributed by atoms with Gasteiger partial charge in [0.1, 0.15) is 6.54 Å². The molecular weight excluding hydrogens is 442 g/mol. The number of hydrogen-bond acceptors (Lipinski definition) is 11. The lowest BCUT2D eigenvalue weighted by atomic mass is 10.7. The Kier molecular flexibility index (Phi) is 12.3. The number of azide groups is 1. The third-order valence-electron chi connectivity index (χ3n) is 1.91. The van der Waals surface area contributed by atoms with Gasteiger partial charge in [-0.05, 0) is 0 Å². The summed E-state index contributed by atoms with van der Waals surface area (Å²) in [4.78, 5) is 29.4. The van der Waals surface area contributed by atoms with Crippen LogP contribution in [0, 0.1) is 0 Å².